The van der Waals surface area contributed by atoms with Gasteiger partial charge in [-0.2, -0.15) is 0 Å². The average Bonchev–Trinajstić information content (AvgIpc) is 3.56. The van der Waals surface area contributed by atoms with Gasteiger partial charge in [0.15, 0.2) is 0 Å². The molecule has 24 heteroatoms. The van der Waals surface area contributed by atoms with Crippen molar-refractivity contribution in [3.8, 4) is 0 Å². The molecule has 64 heavy (non-hydrogen) atoms. The number of hydrogen-bond acceptors (Lipinski definition) is 13. The monoisotopic (exact) mass is 1010 g/mol. The predicted octanol–water partition coefficient (Wildman–Crippen LogP) is 0.344. The van der Waals surface area contributed by atoms with Crippen LogP contribution in [0.2, 0.25) is 0 Å². The van der Waals surface area contributed by atoms with Gasteiger partial charge in [0.25, 0.3) is 23.6 Å². The molecule has 1 saturated heterocycles. The second-order valence-corrected chi connectivity index (χ2v) is 15.4. The molecule has 0 radical (unpaired) electrons. The Kier molecular flexibility index (Phi) is 20.2. The standard InChI is InChI=1S/C40H45IN6O17/c41-24-8-4-6-22(20-24)34(56)42-18-2-1-9-28(39(61)62)46-38(60)27(12-17-33(54)55)45-37(59)26(11-16-32(52)53)44-36(58)25(10-15-31(50)51)43-35(57)21-5-3-7-23(19-21)40(63)64-47-29(48)13-14-30(47)49/h3-8,19-20,25-28H,1-2,9-18H2,(H,42,56)(H,43,57)(H,44,58)(H,45,59)(H,46,60)(H,50,51)(H,52,53)(H,54,55)(H,61,62)/t25-,26-,27-,28-/m0/s1/i41-3. The highest BCUT2D eigenvalue weighted by Crippen LogP contribution is 2.16. The van der Waals surface area contributed by atoms with E-state index in [9.17, 15) is 78.0 Å². The first-order chi connectivity index (χ1) is 30.2. The molecule has 0 saturated carbocycles. The number of halogens is 1. The van der Waals surface area contributed by atoms with Gasteiger partial charge in [-0.15, -0.1) is 5.06 Å². The van der Waals surface area contributed by atoms with Crippen molar-refractivity contribution in [2.75, 3.05) is 6.54 Å². The van der Waals surface area contributed by atoms with Gasteiger partial charge >= 0.3 is 29.8 Å². The predicted molar refractivity (Wildman–Crippen MR) is 224 cm³/mol. The zero-order chi connectivity index (χ0) is 47.5. The molecule has 0 spiro atoms. The summed E-state index contributed by atoms with van der Waals surface area (Å²) >= 11 is 2.05. The summed E-state index contributed by atoms with van der Waals surface area (Å²) in [7, 11) is 0. The Balaban J connectivity index is 1.72. The molecule has 2 aromatic carbocycles. The Bertz CT molecular complexity index is 2130. The lowest BCUT2D eigenvalue weighted by molar-refractivity contribution is -0.172. The summed E-state index contributed by atoms with van der Waals surface area (Å²) in [6.45, 7) is 0.170. The molecule has 9 N–H and O–H groups in total. The fraction of sp³-hybridized carbons (Fsp3) is 0.400. The Hall–Kier alpha value is -6.99. The minimum atomic E-state index is -1.80. The Morgan fingerprint density at radius 2 is 1.03 bits per heavy atom. The van der Waals surface area contributed by atoms with Crippen LogP contribution < -0.4 is 26.6 Å². The summed E-state index contributed by atoms with van der Waals surface area (Å²) in [5, 5.41) is 49.8. The lowest BCUT2D eigenvalue weighted by atomic mass is 10.0. The molecule has 0 aliphatic carbocycles. The van der Waals surface area contributed by atoms with Crippen molar-refractivity contribution in [1.82, 2.24) is 31.6 Å². The van der Waals surface area contributed by atoms with E-state index in [4.69, 9.17) is 4.84 Å². The number of carbonyl (C=O) groups is 12. The third-order valence-electron chi connectivity index (χ3n) is 9.28. The molecule has 2 aromatic rings. The molecular formula is C40H45IN6O17. The molecule has 3 rings (SSSR count). The van der Waals surface area contributed by atoms with Crippen LogP contribution in [0.25, 0.3) is 0 Å². The van der Waals surface area contributed by atoms with E-state index in [1.54, 1.807) is 24.3 Å². The quantitative estimate of drug-likeness (QED) is 0.0349. The molecular weight excluding hydrogens is 960 g/mol. The number of aliphatic carboxylic acids is 4. The number of imide groups is 1. The number of rotatable bonds is 26. The normalized spacial score (nSPS) is 13.9. The summed E-state index contributed by atoms with van der Waals surface area (Å²) in [4.78, 5) is 154. The molecule has 4 atom stereocenters. The lowest BCUT2D eigenvalue weighted by Crippen LogP contribution is -2.58. The molecule has 0 aromatic heterocycles. The number of benzene rings is 2. The second kappa shape index (κ2) is 25.2. The zero-order valence-corrected chi connectivity index (χ0v) is 36.0. The molecule has 0 bridgehead atoms. The van der Waals surface area contributed by atoms with Gasteiger partial charge in [0.05, 0.1) is 5.56 Å². The topological polar surface area (TPSA) is 358 Å². The number of carbonyl (C=O) groups excluding carboxylic acids is 8. The van der Waals surface area contributed by atoms with Crippen LogP contribution in [0.1, 0.15) is 102 Å². The van der Waals surface area contributed by atoms with Crippen LogP contribution >= 0.6 is 22.6 Å². The maximum Gasteiger partial charge on any atom is 0.363 e. The molecule has 1 heterocycles. The molecule has 1 aliphatic heterocycles. The Morgan fingerprint density at radius 1 is 0.578 bits per heavy atom. The highest BCUT2D eigenvalue weighted by molar-refractivity contribution is 14.1. The summed E-state index contributed by atoms with van der Waals surface area (Å²) in [6, 6.07) is 4.61. The van der Waals surface area contributed by atoms with Crippen molar-refractivity contribution in [2.45, 2.75) is 94.8 Å². The van der Waals surface area contributed by atoms with E-state index in [0.717, 1.165) is 9.64 Å². The smallest absolute Gasteiger partial charge is 0.363 e. The number of hydrogen-bond donors (Lipinski definition) is 9. The average molecular weight is 1010 g/mol. The van der Waals surface area contributed by atoms with Gasteiger partial charge in [-0.25, -0.2) is 9.59 Å². The fourth-order valence-electron chi connectivity index (χ4n) is 5.91. The first-order valence-corrected chi connectivity index (χ1v) is 20.7. The Labute approximate surface area is 377 Å². The van der Waals surface area contributed by atoms with Gasteiger partial charge in [-0.05, 0) is 97.5 Å². The van der Waals surface area contributed by atoms with Gasteiger partial charge in [-0.3, -0.25) is 47.9 Å². The molecule has 23 nitrogen and oxygen atoms in total. The number of nitrogens with one attached hydrogen (secondary N) is 5. The van der Waals surface area contributed by atoms with Crippen LogP contribution in [0.3, 0.4) is 0 Å². The maximum absolute atomic E-state index is 13.6. The summed E-state index contributed by atoms with van der Waals surface area (Å²) in [6.07, 6.45) is -3.97. The minimum absolute atomic E-state index is 0.143. The second-order valence-electron chi connectivity index (χ2n) is 14.1. The van der Waals surface area contributed by atoms with Crippen LogP contribution in [0.4, 0.5) is 0 Å². The summed E-state index contributed by atoms with van der Waals surface area (Å²) < 4.78 is 0.843. The van der Waals surface area contributed by atoms with Crippen molar-refractivity contribution in [3.05, 3.63) is 68.8 Å². The van der Waals surface area contributed by atoms with Crippen LogP contribution in [0, 0.1) is 3.57 Å². The van der Waals surface area contributed by atoms with Crippen molar-refractivity contribution < 1.29 is 82.8 Å². The SMILES string of the molecule is O=C(O)CC[C@H](NC(=O)c1cccc(C(=O)ON2C(=O)CCC2=O)c1)C(=O)N[C@@H](CCC(=O)O)C(=O)N[C@@H](CCC(=O)O)C(=O)N[C@@H](CCCCNC(=O)c1cccc([124I])c1)C(=O)O. The zero-order valence-electron chi connectivity index (χ0n) is 33.8. The summed E-state index contributed by atoms with van der Waals surface area (Å²) in [5.74, 6) is -13.4. The van der Waals surface area contributed by atoms with Crippen LogP contribution in [0.5, 0.6) is 0 Å². The largest absolute Gasteiger partial charge is 0.481 e. The highest BCUT2D eigenvalue weighted by Gasteiger charge is 2.34. The first-order valence-electron chi connectivity index (χ1n) is 19.6. The highest BCUT2D eigenvalue weighted by atomic mass is 124. The van der Waals surface area contributed by atoms with E-state index in [-0.39, 0.29) is 54.3 Å². The lowest BCUT2D eigenvalue weighted by Gasteiger charge is -2.26. The van der Waals surface area contributed by atoms with Gasteiger partial charge < -0.3 is 51.8 Å². The molecule has 0 unspecified atom stereocenters. The van der Waals surface area contributed by atoms with Gasteiger partial charge in [-0.1, -0.05) is 12.1 Å². The third kappa shape index (κ3) is 17.1. The van der Waals surface area contributed by atoms with E-state index in [1.807, 2.05) is 0 Å². The third-order valence-corrected chi connectivity index (χ3v) is 9.95. The van der Waals surface area contributed by atoms with E-state index < -0.39 is 128 Å². The molecule has 344 valence electrons. The van der Waals surface area contributed by atoms with E-state index in [2.05, 4.69) is 49.2 Å². The molecule has 1 fully saturated rings. The van der Waals surface area contributed by atoms with E-state index >= 15 is 0 Å². The fourth-order valence-corrected chi connectivity index (χ4v) is 6.46. The first kappa shape index (κ1) is 51.4. The van der Waals surface area contributed by atoms with Gasteiger partial charge in [0, 0.05) is 53.3 Å². The molecule has 7 amide bonds. The summed E-state index contributed by atoms with van der Waals surface area (Å²) in [5.41, 5.74) is -0.155. The van der Waals surface area contributed by atoms with Crippen LogP contribution in [-0.2, 0) is 48.0 Å². The number of carboxylic acid groups (broad SMARTS) is 4. The van der Waals surface area contributed by atoms with Crippen molar-refractivity contribution in [2.24, 2.45) is 0 Å². The number of unbranched alkanes of at least 4 members (excludes halogenated alkanes) is 1. The van der Waals surface area contributed by atoms with Crippen molar-refractivity contribution in [3.63, 3.8) is 0 Å². The number of amides is 7. The molecule has 1 aliphatic rings. The van der Waals surface area contributed by atoms with Crippen LogP contribution in [0.15, 0.2) is 48.5 Å². The Morgan fingerprint density at radius 3 is 1.52 bits per heavy atom. The van der Waals surface area contributed by atoms with Crippen molar-refractivity contribution in [1.29, 1.82) is 0 Å². The maximum atomic E-state index is 13.6. The van der Waals surface area contributed by atoms with Gasteiger partial charge in [0.1, 0.15) is 24.2 Å². The minimum Gasteiger partial charge on any atom is -0.481 e. The van der Waals surface area contributed by atoms with E-state index in [0.29, 0.717) is 12.0 Å². The van der Waals surface area contributed by atoms with Crippen LogP contribution in [-0.4, -0.2) is 127 Å². The number of hydroxylamine groups is 2. The van der Waals surface area contributed by atoms with Crippen molar-refractivity contribution >= 4 is 93.8 Å². The number of carboxylic acids is 4. The van der Waals surface area contributed by atoms with E-state index in [1.165, 1.54) is 18.2 Å². The van der Waals surface area contributed by atoms with Gasteiger partial charge in [0.2, 0.25) is 17.7 Å². The number of nitrogens with zero attached hydrogens (tertiary/aromatic N) is 1.